The van der Waals surface area contributed by atoms with Crippen LogP contribution < -0.4 is 20.3 Å². The summed E-state index contributed by atoms with van der Waals surface area (Å²) in [4.78, 5) is 24.8. The fourth-order valence-corrected chi connectivity index (χ4v) is 4.95. The van der Waals surface area contributed by atoms with Crippen LogP contribution in [0.1, 0.15) is 37.0 Å². The Labute approximate surface area is 207 Å². The largest absolute Gasteiger partial charge is 0.460 e. The van der Waals surface area contributed by atoms with E-state index in [-0.39, 0.29) is 23.5 Å². The van der Waals surface area contributed by atoms with E-state index >= 15 is 0 Å². The van der Waals surface area contributed by atoms with Crippen LogP contribution >= 0.6 is 0 Å². The molecule has 3 heterocycles. The maximum absolute atomic E-state index is 14.6. The van der Waals surface area contributed by atoms with Gasteiger partial charge in [-0.15, -0.1) is 0 Å². The van der Waals surface area contributed by atoms with Crippen LogP contribution in [0.4, 0.5) is 15.8 Å². The molecule has 10 heteroatoms. The number of nitrogens with one attached hydrogen (secondary N) is 2. The monoisotopic (exact) mass is 489 g/mol. The van der Waals surface area contributed by atoms with Crippen LogP contribution in [0.2, 0.25) is 0 Å². The van der Waals surface area contributed by atoms with Crippen LogP contribution in [-0.4, -0.2) is 56.9 Å². The molecule has 2 unspecified atom stereocenters. The van der Waals surface area contributed by atoms with E-state index in [4.69, 9.17) is 4.74 Å². The third kappa shape index (κ3) is 4.32. The van der Waals surface area contributed by atoms with Gasteiger partial charge in [0.15, 0.2) is 5.82 Å². The van der Waals surface area contributed by atoms with Gasteiger partial charge in [-0.2, -0.15) is 10.1 Å². The fraction of sp³-hybridized carbons (Fsp3) is 0.385. The molecule has 1 aliphatic heterocycles. The van der Waals surface area contributed by atoms with Gasteiger partial charge in [0.1, 0.15) is 11.6 Å². The van der Waals surface area contributed by atoms with Crippen LogP contribution in [0, 0.1) is 5.82 Å². The highest BCUT2D eigenvalue weighted by atomic mass is 19.1. The van der Waals surface area contributed by atoms with Crippen LogP contribution in [0.25, 0.3) is 21.8 Å². The number of rotatable bonds is 5. The Bertz CT molecular complexity index is 1470. The van der Waals surface area contributed by atoms with Crippen molar-refractivity contribution in [1.29, 1.82) is 0 Å². The smallest absolute Gasteiger partial charge is 0.317 e. The average molecular weight is 490 g/mol. The first-order valence-corrected chi connectivity index (χ1v) is 12.3. The summed E-state index contributed by atoms with van der Waals surface area (Å²) in [6.45, 7) is 5.97. The van der Waals surface area contributed by atoms with Gasteiger partial charge in [0.2, 0.25) is 0 Å². The maximum atomic E-state index is 14.6. The predicted molar refractivity (Wildman–Crippen MR) is 136 cm³/mol. The summed E-state index contributed by atoms with van der Waals surface area (Å²) < 4.78 is 22.0. The summed E-state index contributed by atoms with van der Waals surface area (Å²) in [7, 11) is 1.73. The molecule has 4 aromatic rings. The predicted octanol–water partition coefficient (Wildman–Crippen LogP) is 3.64. The van der Waals surface area contributed by atoms with Crippen molar-refractivity contribution in [2.75, 3.05) is 23.3 Å². The van der Waals surface area contributed by atoms with E-state index in [2.05, 4.69) is 44.4 Å². The second-order valence-electron chi connectivity index (χ2n) is 9.89. The maximum Gasteiger partial charge on any atom is 0.317 e. The van der Waals surface area contributed by atoms with E-state index in [1.807, 2.05) is 6.07 Å². The Balaban J connectivity index is 1.39. The van der Waals surface area contributed by atoms with E-state index in [1.54, 1.807) is 36.3 Å². The molecule has 0 bridgehead atoms. The summed E-state index contributed by atoms with van der Waals surface area (Å²) in [5, 5.41) is 11.9. The number of anilines is 2. The molecule has 2 aromatic heterocycles. The number of halogens is 1. The van der Waals surface area contributed by atoms with Gasteiger partial charge in [0.25, 0.3) is 5.91 Å². The van der Waals surface area contributed by atoms with Crippen molar-refractivity contribution in [1.82, 2.24) is 25.1 Å². The molecular weight excluding hydrogens is 461 g/mol. The van der Waals surface area contributed by atoms with Crippen molar-refractivity contribution in [3.8, 4) is 6.01 Å². The first kappa shape index (κ1) is 22.7. The summed E-state index contributed by atoms with van der Waals surface area (Å²) in [6.07, 6.45) is 5.54. The van der Waals surface area contributed by atoms with E-state index in [0.717, 1.165) is 37.0 Å². The summed E-state index contributed by atoms with van der Waals surface area (Å²) in [5.41, 5.74) is 2.47. The molecule has 2 N–H and O–H groups in total. The number of carbonyl (C=O) groups is 1. The second kappa shape index (κ2) is 8.70. The Morgan fingerprint density at radius 3 is 2.69 bits per heavy atom. The zero-order chi connectivity index (χ0) is 25.0. The molecule has 0 radical (unpaired) electrons. The number of benzene rings is 2. The number of amides is 1. The normalized spacial score (nSPS) is 20.2. The lowest BCUT2D eigenvalue weighted by molar-refractivity contribution is 0.102. The lowest BCUT2D eigenvalue weighted by Gasteiger charge is -2.38. The van der Waals surface area contributed by atoms with Crippen molar-refractivity contribution in [3.63, 3.8) is 0 Å². The second-order valence-corrected chi connectivity index (χ2v) is 9.89. The number of hydrogen-bond donors (Lipinski definition) is 2. The number of fused-ring (bicyclic) bond motifs is 2. The molecule has 1 saturated heterocycles. The zero-order valence-electron chi connectivity index (χ0n) is 20.5. The van der Waals surface area contributed by atoms with Crippen LogP contribution in [0.3, 0.4) is 0 Å². The molecule has 1 amide bonds. The minimum Gasteiger partial charge on any atom is -0.460 e. The topological polar surface area (TPSA) is 97.2 Å². The highest BCUT2D eigenvalue weighted by Crippen LogP contribution is 2.32. The van der Waals surface area contributed by atoms with Gasteiger partial charge in [-0.25, -0.2) is 9.37 Å². The van der Waals surface area contributed by atoms with Gasteiger partial charge in [-0.3, -0.25) is 9.48 Å². The minimum absolute atomic E-state index is 0.131. The molecule has 1 aliphatic carbocycles. The molecule has 2 atom stereocenters. The number of nitrogens with zero attached hydrogens (tertiary/aromatic N) is 5. The fourth-order valence-electron chi connectivity index (χ4n) is 4.95. The van der Waals surface area contributed by atoms with E-state index in [1.165, 1.54) is 6.07 Å². The highest BCUT2D eigenvalue weighted by molar-refractivity contribution is 6.14. The SMILES string of the molecule is CC1CN(c2ccc(C(=O)Nc3cc(F)c4nn(C)cc4c3)c3nc(OC4CC4)ncc23)CC(C)N1. The molecule has 2 fully saturated rings. The zero-order valence-corrected chi connectivity index (χ0v) is 20.5. The summed E-state index contributed by atoms with van der Waals surface area (Å²) in [5.74, 6) is -0.875. The number of aromatic nitrogens is 4. The van der Waals surface area contributed by atoms with Crippen molar-refractivity contribution < 1.29 is 13.9 Å². The third-order valence-corrected chi connectivity index (χ3v) is 6.58. The molecule has 186 valence electrons. The molecule has 2 aromatic carbocycles. The van der Waals surface area contributed by atoms with Gasteiger partial charge in [0.05, 0.1) is 11.1 Å². The van der Waals surface area contributed by atoms with Gasteiger partial charge < -0.3 is 20.3 Å². The molecule has 36 heavy (non-hydrogen) atoms. The van der Waals surface area contributed by atoms with Gasteiger partial charge >= 0.3 is 6.01 Å². The van der Waals surface area contributed by atoms with Crippen molar-refractivity contribution in [2.24, 2.45) is 7.05 Å². The molecule has 0 spiro atoms. The highest BCUT2D eigenvalue weighted by Gasteiger charge is 2.27. The number of carbonyl (C=O) groups excluding carboxylic acids is 1. The van der Waals surface area contributed by atoms with Gasteiger partial charge in [-0.1, -0.05) is 0 Å². The lowest BCUT2D eigenvalue weighted by atomic mass is 10.0. The standard InChI is InChI=1S/C26H28FN7O2/c1-14-11-34(12-15(2)29-14)22-7-6-19(24-20(22)10-28-26(31-24)36-18-4-5-18)25(35)30-17-8-16-13-33(3)32-23(16)21(27)9-17/h6-10,13-15,18,29H,4-5,11-12H2,1-3H3,(H,30,35). The van der Waals surface area contributed by atoms with Crippen LogP contribution in [0.5, 0.6) is 6.01 Å². The molecular formula is C26H28FN7O2. The Hall–Kier alpha value is -3.79. The Morgan fingerprint density at radius 1 is 1.17 bits per heavy atom. The third-order valence-electron chi connectivity index (χ3n) is 6.58. The van der Waals surface area contributed by atoms with Crippen molar-refractivity contribution in [3.05, 3.63) is 48.0 Å². The number of ether oxygens (including phenoxy) is 1. The van der Waals surface area contributed by atoms with Crippen LogP contribution in [0.15, 0.2) is 36.7 Å². The quantitative estimate of drug-likeness (QED) is 0.442. The lowest BCUT2D eigenvalue weighted by Crippen LogP contribution is -2.54. The molecule has 2 aliphatic rings. The minimum atomic E-state index is -0.493. The molecule has 6 rings (SSSR count). The van der Waals surface area contributed by atoms with Gasteiger partial charge in [0, 0.05) is 66.8 Å². The van der Waals surface area contributed by atoms with E-state index in [9.17, 15) is 9.18 Å². The van der Waals surface area contributed by atoms with E-state index in [0.29, 0.717) is 34.2 Å². The summed E-state index contributed by atoms with van der Waals surface area (Å²) >= 11 is 0. The van der Waals surface area contributed by atoms with Crippen molar-refractivity contribution >= 4 is 39.1 Å². The van der Waals surface area contributed by atoms with Gasteiger partial charge in [-0.05, 0) is 51.0 Å². The van der Waals surface area contributed by atoms with E-state index < -0.39 is 5.82 Å². The summed E-state index contributed by atoms with van der Waals surface area (Å²) in [6, 6.07) is 7.62. The number of hydrogen-bond acceptors (Lipinski definition) is 7. The number of piperazine rings is 1. The molecule has 9 nitrogen and oxygen atoms in total. The first-order chi connectivity index (χ1) is 17.3. The Kier molecular flexibility index (Phi) is 5.48. The van der Waals surface area contributed by atoms with Crippen molar-refractivity contribution in [2.45, 2.75) is 44.9 Å². The number of aryl methyl sites for hydroxylation is 1. The van der Waals surface area contributed by atoms with Crippen LogP contribution in [-0.2, 0) is 7.05 Å². The Morgan fingerprint density at radius 2 is 1.94 bits per heavy atom. The molecule has 1 saturated carbocycles. The average Bonchev–Trinajstić information content (AvgIpc) is 3.55. The first-order valence-electron chi connectivity index (χ1n) is 12.3.